The van der Waals surface area contributed by atoms with Crippen LogP contribution in [0, 0.1) is 0 Å². The Labute approximate surface area is 168 Å². The van der Waals surface area contributed by atoms with Crippen LogP contribution in [0.15, 0.2) is 60.7 Å². The van der Waals surface area contributed by atoms with Crippen LogP contribution in [-0.4, -0.2) is 38.8 Å². The fraction of sp³-hybridized carbons (Fsp3) is 0.318. The Kier molecular flexibility index (Phi) is 7.06. The van der Waals surface area contributed by atoms with E-state index in [0.717, 1.165) is 37.3 Å². The third kappa shape index (κ3) is 6.44. The summed E-state index contributed by atoms with van der Waals surface area (Å²) in [4.78, 5) is 13.8. The van der Waals surface area contributed by atoms with Gasteiger partial charge in [-0.05, 0) is 29.3 Å². The number of ether oxygens (including phenoxy) is 1. The first kappa shape index (κ1) is 21.1. The molecule has 7 heteroatoms. The van der Waals surface area contributed by atoms with Crippen LogP contribution in [0.5, 0.6) is 0 Å². The van der Waals surface area contributed by atoms with E-state index in [4.69, 9.17) is 4.74 Å². The number of benzene rings is 2. The molecule has 29 heavy (non-hydrogen) atoms. The highest BCUT2D eigenvalue weighted by atomic mass is 19.4. The molecule has 1 atom stereocenters. The van der Waals surface area contributed by atoms with Crippen LogP contribution in [0.2, 0.25) is 0 Å². The molecule has 2 aromatic carbocycles. The number of quaternary nitrogens is 1. The summed E-state index contributed by atoms with van der Waals surface area (Å²) >= 11 is 0. The van der Waals surface area contributed by atoms with Crippen molar-refractivity contribution in [1.29, 1.82) is 0 Å². The molecule has 0 unspecified atom stereocenters. The van der Waals surface area contributed by atoms with Gasteiger partial charge >= 0.3 is 6.18 Å². The summed E-state index contributed by atoms with van der Waals surface area (Å²) in [6.07, 6.45) is -1.74. The van der Waals surface area contributed by atoms with Gasteiger partial charge in [-0.1, -0.05) is 42.5 Å². The molecule has 0 saturated carbocycles. The normalized spacial score (nSPS) is 16.7. The topological polar surface area (TPSA) is 42.8 Å². The standard InChI is InChI=1S/C22H23F3N2O2/c23-22(24,25)19-8-4-5-17(15-19)9-10-21(28)26-20(18-6-2-1-3-7-18)16-27-11-13-29-14-12-27/h1-10,15,20H,11-14,16H2,(H,26,28)/p+1/b10-9+/t20-/m1/s1. The van der Waals surface area contributed by atoms with Crippen molar-refractivity contribution in [2.24, 2.45) is 0 Å². The molecule has 0 spiro atoms. The van der Waals surface area contributed by atoms with Crippen LogP contribution in [0.4, 0.5) is 13.2 Å². The van der Waals surface area contributed by atoms with E-state index in [1.54, 1.807) is 0 Å². The number of hydrogen-bond donors (Lipinski definition) is 2. The van der Waals surface area contributed by atoms with Crippen molar-refractivity contribution in [2.75, 3.05) is 32.8 Å². The van der Waals surface area contributed by atoms with Gasteiger partial charge in [0.2, 0.25) is 5.91 Å². The number of carbonyl (C=O) groups excluding carboxylic acids is 1. The van der Waals surface area contributed by atoms with E-state index >= 15 is 0 Å². The zero-order valence-corrected chi connectivity index (χ0v) is 15.9. The van der Waals surface area contributed by atoms with Crippen molar-refractivity contribution in [3.8, 4) is 0 Å². The second kappa shape index (κ2) is 9.71. The number of carbonyl (C=O) groups is 1. The monoisotopic (exact) mass is 405 g/mol. The average molecular weight is 405 g/mol. The maximum absolute atomic E-state index is 12.8. The highest BCUT2D eigenvalue weighted by molar-refractivity contribution is 5.92. The third-order valence-electron chi connectivity index (χ3n) is 4.85. The Morgan fingerprint density at radius 2 is 1.83 bits per heavy atom. The maximum atomic E-state index is 12.8. The van der Waals surface area contributed by atoms with Crippen molar-refractivity contribution in [3.05, 3.63) is 77.4 Å². The highest BCUT2D eigenvalue weighted by Crippen LogP contribution is 2.29. The van der Waals surface area contributed by atoms with Crippen molar-refractivity contribution in [3.63, 3.8) is 0 Å². The Morgan fingerprint density at radius 1 is 1.10 bits per heavy atom. The van der Waals surface area contributed by atoms with E-state index < -0.39 is 11.7 Å². The number of hydrogen-bond acceptors (Lipinski definition) is 2. The van der Waals surface area contributed by atoms with E-state index in [1.807, 2.05) is 30.3 Å². The van der Waals surface area contributed by atoms with Crippen LogP contribution in [0.3, 0.4) is 0 Å². The number of alkyl halides is 3. The van der Waals surface area contributed by atoms with Crippen LogP contribution in [-0.2, 0) is 15.7 Å². The van der Waals surface area contributed by atoms with Crippen molar-refractivity contribution in [2.45, 2.75) is 12.2 Å². The predicted molar refractivity (Wildman–Crippen MR) is 104 cm³/mol. The van der Waals surface area contributed by atoms with Gasteiger partial charge in [-0.2, -0.15) is 13.2 Å². The average Bonchev–Trinajstić information content (AvgIpc) is 2.73. The summed E-state index contributed by atoms with van der Waals surface area (Å²) in [5, 5.41) is 2.99. The molecule has 2 aromatic rings. The zero-order valence-electron chi connectivity index (χ0n) is 15.9. The van der Waals surface area contributed by atoms with Gasteiger partial charge in [0.15, 0.2) is 0 Å². The molecule has 1 saturated heterocycles. The molecule has 0 aliphatic carbocycles. The van der Waals surface area contributed by atoms with Gasteiger partial charge in [-0.15, -0.1) is 0 Å². The Hall–Kier alpha value is -2.64. The molecule has 0 aromatic heterocycles. The zero-order chi connectivity index (χ0) is 20.7. The second-order valence-electron chi connectivity index (χ2n) is 6.99. The van der Waals surface area contributed by atoms with Gasteiger partial charge in [-0.25, -0.2) is 0 Å². The van der Waals surface area contributed by atoms with Gasteiger partial charge in [0, 0.05) is 6.08 Å². The van der Waals surface area contributed by atoms with Gasteiger partial charge in [0.1, 0.15) is 25.7 Å². The number of halogens is 3. The van der Waals surface area contributed by atoms with Crippen molar-refractivity contribution in [1.82, 2.24) is 5.32 Å². The summed E-state index contributed by atoms with van der Waals surface area (Å²) in [5.41, 5.74) is 0.579. The van der Waals surface area contributed by atoms with Gasteiger partial charge < -0.3 is 15.0 Å². The highest BCUT2D eigenvalue weighted by Gasteiger charge is 2.30. The molecule has 2 N–H and O–H groups in total. The first-order valence-corrected chi connectivity index (χ1v) is 9.54. The maximum Gasteiger partial charge on any atom is 0.416 e. The summed E-state index contributed by atoms with van der Waals surface area (Å²) in [6.45, 7) is 3.86. The fourth-order valence-corrected chi connectivity index (χ4v) is 3.30. The van der Waals surface area contributed by atoms with E-state index in [2.05, 4.69) is 5.32 Å². The lowest BCUT2D eigenvalue weighted by atomic mass is 10.1. The molecular weight excluding hydrogens is 381 g/mol. The Bertz CT molecular complexity index is 831. The second-order valence-corrected chi connectivity index (χ2v) is 6.99. The minimum Gasteiger partial charge on any atom is -0.370 e. The van der Waals surface area contributed by atoms with E-state index in [9.17, 15) is 18.0 Å². The van der Waals surface area contributed by atoms with E-state index in [-0.39, 0.29) is 11.9 Å². The van der Waals surface area contributed by atoms with Crippen LogP contribution >= 0.6 is 0 Å². The quantitative estimate of drug-likeness (QED) is 0.726. The Morgan fingerprint density at radius 3 is 2.52 bits per heavy atom. The number of amides is 1. The number of morpholine rings is 1. The molecule has 4 nitrogen and oxygen atoms in total. The van der Waals surface area contributed by atoms with Crippen molar-refractivity contribution >= 4 is 12.0 Å². The van der Waals surface area contributed by atoms with Crippen LogP contribution < -0.4 is 10.2 Å². The molecule has 0 radical (unpaired) electrons. The lowest BCUT2D eigenvalue weighted by molar-refractivity contribution is -0.909. The molecule has 1 heterocycles. The molecule has 1 fully saturated rings. The predicted octanol–water partition coefficient (Wildman–Crippen LogP) is 2.49. The Balaban J connectivity index is 1.68. The van der Waals surface area contributed by atoms with Crippen LogP contribution in [0.1, 0.15) is 22.7 Å². The van der Waals surface area contributed by atoms with E-state index in [1.165, 1.54) is 29.2 Å². The van der Waals surface area contributed by atoms with Gasteiger partial charge in [0.25, 0.3) is 0 Å². The smallest absolute Gasteiger partial charge is 0.370 e. The molecule has 0 bridgehead atoms. The molecule has 1 aliphatic rings. The molecule has 154 valence electrons. The van der Waals surface area contributed by atoms with Crippen molar-refractivity contribution < 1.29 is 27.6 Å². The summed E-state index contributed by atoms with van der Waals surface area (Å²) in [7, 11) is 0. The van der Waals surface area contributed by atoms with Gasteiger partial charge in [-0.3, -0.25) is 4.79 Å². The lowest BCUT2D eigenvalue weighted by Gasteiger charge is -2.28. The van der Waals surface area contributed by atoms with Crippen LogP contribution in [0.25, 0.3) is 6.08 Å². The molecule has 3 rings (SSSR count). The summed E-state index contributed by atoms with van der Waals surface area (Å²) in [5.74, 6) is -0.344. The SMILES string of the molecule is O=C(/C=C/c1cccc(C(F)(F)F)c1)N[C@H](C[NH+]1CCOCC1)c1ccccc1. The molecule has 1 aliphatic heterocycles. The largest absolute Gasteiger partial charge is 0.416 e. The lowest BCUT2D eigenvalue weighted by Crippen LogP contribution is -3.14. The number of nitrogens with one attached hydrogen (secondary N) is 2. The fourth-order valence-electron chi connectivity index (χ4n) is 3.30. The summed E-state index contributed by atoms with van der Waals surface area (Å²) in [6, 6.07) is 14.4. The summed E-state index contributed by atoms with van der Waals surface area (Å²) < 4.78 is 43.9. The minimum atomic E-state index is -4.41. The molecule has 1 amide bonds. The molecular formula is C22H24F3N2O2+. The number of rotatable bonds is 6. The van der Waals surface area contributed by atoms with E-state index in [0.29, 0.717) is 18.8 Å². The van der Waals surface area contributed by atoms with Gasteiger partial charge in [0.05, 0.1) is 18.8 Å². The first-order chi connectivity index (χ1) is 13.9. The third-order valence-corrected chi connectivity index (χ3v) is 4.85. The first-order valence-electron chi connectivity index (χ1n) is 9.54. The minimum absolute atomic E-state index is 0.192.